The molecular formula is C20H21NOS. The Morgan fingerprint density at radius 2 is 1.70 bits per heavy atom. The first-order valence-electron chi connectivity index (χ1n) is 7.83. The highest BCUT2D eigenvalue weighted by Gasteiger charge is 2.07. The molecule has 3 aromatic rings. The zero-order valence-corrected chi connectivity index (χ0v) is 14.6. The maximum Gasteiger partial charge on any atom is 0.118 e. The average molecular weight is 323 g/mol. The first-order chi connectivity index (χ1) is 11.2. The summed E-state index contributed by atoms with van der Waals surface area (Å²) in [6, 6.07) is 16.9. The Morgan fingerprint density at radius 3 is 2.30 bits per heavy atom. The van der Waals surface area contributed by atoms with E-state index in [1.807, 2.05) is 12.1 Å². The molecule has 2 aromatic carbocycles. The van der Waals surface area contributed by atoms with Gasteiger partial charge in [0.1, 0.15) is 5.75 Å². The molecule has 0 fully saturated rings. The number of thiazole rings is 1. The number of nitrogens with zero attached hydrogens (tertiary/aromatic N) is 1. The lowest BCUT2D eigenvalue weighted by molar-refractivity contribution is 0.414. The van der Waals surface area contributed by atoms with E-state index >= 15 is 0 Å². The Kier molecular flexibility index (Phi) is 4.77. The molecule has 1 aromatic heterocycles. The monoisotopic (exact) mass is 323 g/mol. The second-order valence-electron chi connectivity index (χ2n) is 5.93. The van der Waals surface area contributed by atoms with Crippen LogP contribution in [0, 0.1) is 0 Å². The van der Waals surface area contributed by atoms with Crippen molar-refractivity contribution in [3.8, 4) is 17.0 Å². The number of rotatable bonds is 5. The largest absolute Gasteiger partial charge is 0.497 e. The summed E-state index contributed by atoms with van der Waals surface area (Å²) >= 11 is 1.72. The van der Waals surface area contributed by atoms with E-state index in [0.29, 0.717) is 5.92 Å². The van der Waals surface area contributed by atoms with Gasteiger partial charge in [-0.3, -0.25) is 0 Å². The molecule has 0 bridgehead atoms. The molecule has 23 heavy (non-hydrogen) atoms. The lowest BCUT2D eigenvalue weighted by Gasteiger charge is -2.05. The zero-order chi connectivity index (χ0) is 16.2. The number of methoxy groups -OCH3 is 1. The third kappa shape index (κ3) is 3.80. The van der Waals surface area contributed by atoms with E-state index < -0.39 is 0 Å². The minimum atomic E-state index is 0.560. The van der Waals surface area contributed by atoms with Crippen LogP contribution in [0.4, 0.5) is 0 Å². The SMILES string of the molecule is COc1ccc(Cc2nc(-c3ccc(C(C)C)cc3)cs2)cc1. The molecule has 0 unspecified atom stereocenters. The van der Waals surface area contributed by atoms with Gasteiger partial charge in [-0.05, 0) is 29.2 Å². The summed E-state index contributed by atoms with van der Waals surface area (Å²) in [5, 5.41) is 3.28. The lowest BCUT2D eigenvalue weighted by Crippen LogP contribution is -1.89. The molecule has 0 spiro atoms. The van der Waals surface area contributed by atoms with Gasteiger partial charge in [-0.15, -0.1) is 11.3 Å². The summed E-state index contributed by atoms with van der Waals surface area (Å²) in [5.74, 6) is 1.45. The van der Waals surface area contributed by atoms with E-state index in [0.717, 1.165) is 22.9 Å². The van der Waals surface area contributed by atoms with Crippen molar-refractivity contribution in [3.63, 3.8) is 0 Å². The molecule has 0 radical (unpaired) electrons. The van der Waals surface area contributed by atoms with Crippen molar-refractivity contribution in [1.82, 2.24) is 4.98 Å². The molecule has 0 atom stereocenters. The Morgan fingerprint density at radius 1 is 1.00 bits per heavy atom. The van der Waals surface area contributed by atoms with Crippen molar-refractivity contribution in [3.05, 3.63) is 70.0 Å². The minimum Gasteiger partial charge on any atom is -0.497 e. The van der Waals surface area contributed by atoms with E-state index in [-0.39, 0.29) is 0 Å². The molecule has 0 aliphatic heterocycles. The van der Waals surface area contributed by atoms with Crippen LogP contribution in [-0.2, 0) is 6.42 Å². The van der Waals surface area contributed by atoms with Gasteiger partial charge in [-0.25, -0.2) is 4.98 Å². The third-order valence-corrected chi connectivity index (χ3v) is 4.79. The Hall–Kier alpha value is -2.13. The highest BCUT2D eigenvalue weighted by molar-refractivity contribution is 7.10. The maximum absolute atomic E-state index is 5.19. The first-order valence-corrected chi connectivity index (χ1v) is 8.71. The highest BCUT2D eigenvalue weighted by atomic mass is 32.1. The zero-order valence-electron chi connectivity index (χ0n) is 13.7. The molecule has 0 saturated carbocycles. The molecule has 0 N–H and O–H groups in total. The van der Waals surface area contributed by atoms with Gasteiger partial charge in [0.25, 0.3) is 0 Å². The standard InChI is InChI=1S/C20H21NOS/c1-14(2)16-6-8-17(9-7-16)19-13-23-20(21-19)12-15-4-10-18(22-3)11-5-15/h4-11,13-14H,12H2,1-3H3. The second kappa shape index (κ2) is 6.97. The number of ether oxygens (including phenoxy) is 1. The number of benzene rings is 2. The van der Waals surface area contributed by atoms with Gasteiger partial charge in [0.15, 0.2) is 0 Å². The van der Waals surface area contributed by atoms with Crippen LogP contribution in [-0.4, -0.2) is 12.1 Å². The summed E-state index contributed by atoms with van der Waals surface area (Å²) in [5.41, 5.74) is 4.87. The topological polar surface area (TPSA) is 22.1 Å². The van der Waals surface area contributed by atoms with Crippen molar-refractivity contribution in [2.75, 3.05) is 7.11 Å². The molecule has 1 heterocycles. The third-order valence-electron chi connectivity index (χ3n) is 3.94. The van der Waals surface area contributed by atoms with Gasteiger partial charge in [-0.2, -0.15) is 0 Å². The molecular weight excluding hydrogens is 302 g/mol. The quantitative estimate of drug-likeness (QED) is 0.615. The fourth-order valence-corrected chi connectivity index (χ4v) is 3.32. The van der Waals surface area contributed by atoms with Gasteiger partial charge in [0, 0.05) is 17.4 Å². The summed E-state index contributed by atoms with van der Waals surface area (Å²) in [6.45, 7) is 4.43. The van der Waals surface area contributed by atoms with Crippen LogP contribution in [0.25, 0.3) is 11.3 Å². The van der Waals surface area contributed by atoms with Crippen LogP contribution in [0.5, 0.6) is 5.75 Å². The molecule has 2 nitrogen and oxygen atoms in total. The smallest absolute Gasteiger partial charge is 0.118 e. The predicted octanol–water partition coefficient (Wildman–Crippen LogP) is 5.53. The van der Waals surface area contributed by atoms with Crippen LogP contribution in [0.3, 0.4) is 0 Å². The molecule has 0 aliphatic rings. The number of hydrogen-bond acceptors (Lipinski definition) is 3. The van der Waals surface area contributed by atoms with Crippen LogP contribution in [0.2, 0.25) is 0 Å². The molecule has 3 rings (SSSR count). The summed E-state index contributed by atoms with van der Waals surface area (Å²) in [4.78, 5) is 4.78. The predicted molar refractivity (Wildman–Crippen MR) is 97.4 cm³/mol. The van der Waals surface area contributed by atoms with Crippen molar-refractivity contribution in [1.29, 1.82) is 0 Å². The van der Waals surface area contributed by atoms with Crippen LogP contribution in [0.15, 0.2) is 53.9 Å². The summed E-state index contributed by atoms with van der Waals surface area (Å²) in [6.07, 6.45) is 0.860. The Labute approximate surface area is 141 Å². The van der Waals surface area contributed by atoms with E-state index in [4.69, 9.17) is 9.72 Å². The lowest BCUT2D eigenvalue weighted by atomic mass is 10.0. The van der Waals surface area contributed by atoms with Crippen molar-refractivity contribution < 1.29 is 4.74 Å². The minimum absolute atomic E-state index is 0.560. The maximum atomic E-state index is 5.19. The van der Waals surface area contributed by atoms with Crippen molar-refractivity contribution in [2.45, 2.75) is 26.2 Å². The molecule has 0 saturated heterocycles. The number of aromatic nitrogens is 1. The van der Waals surface area contributed by atoms with Gasteiger partial charge >= 0.3 is 0 Å². The van der Waals surface area contributed by atoms with Gasteiger partial charge in [0.2, 0.25) is 0 Å². The fraction of sp³-hybridized carbons (Fsp3) is 0.250. The van der Waals surface area contributed by atoms with Gasteiger partial charge in [0.05, 0.1) is 17.8 Å². The van der Waals surface area contributed by atoms with E-state index in [2.05, 4.69) is 55.6 Å². The molecule has 0 amide bonds. The van der Waals surface area contributed by atoms with Crippen molar-refractivity contribution >= 4 is 11.3 Å². The van der Waals surface area contributed by atoms with Crippen LogP contribution in [0.1, 0.15) is 35.9 Å². The highest BCUT2D eigenvalue weighted by Crippen LogP contribution is 2.25. The van der Waals surface area contributed by atoms with Crippen LogP contribution >= 0.6 is 11.3 Å². The van der Waals surface area contributed by atoms with Crippen LogP contribution < -0.4 is 4.74 Å². The van der Waals surface area contributed by atoms with E-state index in [1.165, 1.54) is 16.7 Å². The van der Waals surface area contributed by atoms with E-state index in [9.17, 15) is 0 Å². The van der Waals surface area contributed by atoms with E-state index in [1.54, 1.807) is 18.4 Å². The van der Waals surface area contributed by atoms with Gasteiger partial charge < -0.3 is 4.74 Å². The normalized spacial score (nSPS) is 11.0. The Bertz CT molecular complexity index is 757. The van der Waals surface area contributed by atoms with Crippen molar-refractivity contribution in [2.24, 2.45) is 0 Å². The summed E-state index contributed by atoms with van der Waals surface area (Å²) < 4.78 is 5.19. The number of hydrogen-bond donors (Lipinski definition) is 0. The fourth-order valence-electron chi connectivity index (χ4n) is 2.48. The second-order valence-corrected chi connectivity index (χ2v) is 6.87. The molecule has 118 valence electrons. The average Bonchev–Trinajstić information content (AvgIpc) is 3.04. The molecule has 0 aliphatic carbocycles. The van der Waals surface area contributed by atoms with Gasteiger partial charge in [-0.1, -0.05) is 50.2 Å². The summed E-state index contributed by atoms with van der Waals surface area (Å²) in [7, 11) is 1.69. The first kappa shape index (κ1) is 15.8. The Balaban J connectivity index is 1.74. The molecule has 3 heteroatoms.